The molecule has 0 radical (unpaired) electrons. The van der Waals surface area contributed by atoms with Crippen LogP contribution in [0.25, 0.3) is 0 Å². The lowest BCUT2D eigenvalue weighted by atomic mass is 9.86. The molecule has 0 unspecified atom stereocenters. The number of amides is 1. The van der Waals surface area contributed by atoms with Crippen molar-refractivity contribution in [3.8, 4) is 5.75 Å². The largest absolute Gasteiger partial charge is 0.493 e. The fourth-order valence-corrected chi connectivity index (χ4v) is 5.43. The second-order valence-corrected chi connectivity index (χ2v) is 10.3. The summed E-state index contributed by atoms with van der Waals surface area (Å²) in [6.07, 6.45) is 1.39. The van der Waals surface area contributed by atoms with Gasteiger partial charge in [0.25, 0.3) is 5.91 Å². The van der Waals surface area contributed by atoms with Crippen LogP contribution in [0.4, 0.5) is 13.2 Å². The van der Waals surface area contributed by atoms with Gasteiger partial charge in [-0.2, -0.15) is 13.2 Å². The van der Waals surface area contributed by atoms with Crippen molar-refractivity contribution in [1.29, 1.82) is 0 Å². The minimum Gasteiger partial charge on any atom is -0.493 e. The number of ether oxygens (including phenoxy) is 1. The molecule has 7 nitrogen and oxygen atoms in total. The monoisotopic (exact) mass is 519 g/mol. The summed E-state index contributed by atoms with van der Waals surface area (Å²) in [5, 5.41) is 0. The second kappa shape index (κ2) is 11.3. The molecule has 3 heterocycles. The van der Waals surface area contributed by atoms with Crippen LogP contribution in [0.2, 0.25) is 0 Å². The predicted molar refractivity (Wildman–Crippen MR) is 135 cm³/mol. The fraction of sp³-hybridized carbons (Fsp3) is 0.593. The van der Waals surface area contributed by atoms with E-state index in [4.69, 9.17) is 4.74 Å². The number of carbonyl (C=O) groups excluding carboxylic acids is 1. The number of nitrogens with zero attached hydrogens (tertiary/aromatic N) is 5. The van der Waals surface area contributed by atoms with Gasteiger partial charge in [0.2, 0.25) is 5.82 Å². The Kier molecular flexibility index (Phi) is 8.38. The first kappa shape index (κ1) is 27.3. The molecule has 2 aromatic rings. The molecule has 1 aromatic carbocycles. The maximum absolute atomic E-state index is 13.0. The highest BCUT2D eigenvalue weighted by atomic mass is 19.4. The molecule has 4 rings (SSSR count). The maximum Gasteiger partial charge on any atom is 0.451 e. The van der Waals surface area contributed by atoms with Gasteiger partial charge in [-0.25, -0.2) is 9.97 Å². The maximum atomic E-state index is 13.0. The van der Waals surface area contributed by atoms with Gasteiger partial charge in [0, 0.05) is 50.7 Å². The minimum absolute atomic E-state index is 0.0847. The van der Waals surface area contributed by atoms with Gasteiger partial charge >= 0.3 is 6.18 Å². The summed E-state index contributed by atoms with van der Waals surface area (Å²) in [5.74, 6) is -0.625. The number of alkyl halides is 3. The Labute approximate surface area is 216 Å². The Balaban J connectivity index is 1.42. The number of hydrogen-bond donors (Lipinski definition) is 0. The van der Waals surface area contributed by atoms with Gasteiger partial charge in [0.15, 0.2) is 0 Å². The van der Waals surface area contributed by atoms with Gasteiger partial charge in [-0.15, -0.1) is 0 Å². The Bertz CT molecular complexity index is 1090. The average molecular weight is 520 g/mol. The lowest BCUT2D eigenvalue weighted by Gasteiger charge is -2.48. The topological polar surface area (TPSA) is 61.8 Å². The lowest BCUT2D eigenvalue weighted by molar-refractivity contribution is -0.145. The Morgan fingerprint density at radius 3 is 2.51 bits per heavy atom. The third-order valence-electron chi connectivity index (χ3n) is 7.53. The van der Waals surface area contributed by atoms with Crippen molar-refractivity contribution in [2.45, 2.75) is 57.8 Å². The third-order valence-corrected chi connectivity index (χ3v) is 7.53. The van der Waals surface area contributed by atoms with Crippen LogP contribution in [0.5, 0.6) is 5.75 Å². The fourth-order valence-electron chi connectivity index (χ4n) is 5.43. The molecule has 2 aliphatic rings. The van der Waals surface area contributed by atoms with Crippen molar-refractivity contribution in [3.63, 3.8) is 0 Å². The number of benzene rings is 1. The first-order valence-corrected chi connectivity index (χ1v) is 12.9. The van der Waals surface area contributed by atoms with Gasteiger partial charge < -0.3 is 14.5 Å². The van der Waals surface area contributed by atoms with Crippen LogP contribution >= 0.6 is 0 Å². The quantitative estimate of drug-likeness (QED) is 0.503. The molecule has 202 valence electrons. The highest BCUT2D eigenvalue weighted by Gasteiger charge is 2.38. The summed E-state index contributed by atoms with van der Waals surface area (Å²) in [4.78, 5) is 26.1. The molecule has 10 heteroatoms. The molecule has 37 heavy (non-hydrogen) atoms. The van der Waals surface area contributed by atoms with Crippen LogP contribution in [-0.2, 0) is 6.18 Å². The number of halogens is 3. The van der Waals surface area contributed by atoms with E-state index in [1.54, 1.807) is 4.90 Å². The SMILES string of the molecule is Cc1c(OCCCN(C)C)ccc([C@H]2CCC[C@H]3CN(C(=O)c4cnc(C(F)(F)F)nc4)CCN32)c1C. The number of carbonyl (C=O) groups is 1. The van der Waals surface area contributed by atoms with Crippen LogP contribution in [0, 0.1) is 13.8 Å². The summed E-state index contributed by atoms with van der Waals surface area (Å²) >= 11 is 0. The first-order chi connectivity index (χ1) is 17.6. The molecule has 2 atom stereocenters. The molecule has 0 aliphatic carbocycles. The number of rotatable bonds is 7. The van der Waals surface area contributed by atoms with Gasteiger partial charge in [0.05, 0.1) is 12.2 Å². The molecular formula is C27H36F3N5O2. The standard InChI is InChI=1S/C27H36F3N5O2/c1-18-19(2)24(37-14-6-11-33(3)4)10-9-22(18)23-8-5-7-21-17-34(12-13-35(21)23)25(36)20-15-31-26(32-16-20)27(28,29)30/h9-10,15-16,21,23H,5-8,11-14,17H2,1-4H3/t21-,23+/m0/s1. The number of piperidine rings is 1. The van der Waals surface area contributed by atoms with E-state index in [1.165, 1.54) is 16.7 Å². The van der Waals surface area contributed by atoms with E-state index in [9.17, 15) is 18.0 Å². The van der Waals surface area contributed by atoms with Crippen molar-refractivity contribution in [1.82, 2.24) is 24.7 Å². The molecule has 0 bridgehead atoms. The normalized spacial score (nSPS) is 20.7. The molecule has 2 aliphatic heterocycles. The van der Waals surface area contributed by atoms with Crippen molar-refractivity contribution >= 4 is 5.91 Å². The van der Waals surface area contributed by atoms with Gasteiger partial charge in [0.1, 0.15) is 5.75 Å². The Morgan fingerprint density at radius 2 is 1.84 bits per heavy atom. The summed E-state index contributed by atoms with van der Waals surface area (Å²) in [5.41, 5.74) is 3.80. The summed E-state index contributed by atoms with van der Waals surface area (Å²) in [6.45, 7) is 7.71. The smallest absolute Gasteiger partial charge is 0.451 e. The van der Waals surface area contributed by atoms with E-state index < -0.39 is 12.0 Å². The number of aromatic nitrogens is 2. The molecule has 2 saturated heterocycles. The number of fused-ring (bicyclic) bond motifs is 1. The molecule has 0 N–H and O–H groups in total. The van der Waals surface area contributed by atoms with Gasteiger partial charge in [-0.05, 0) is 76.4 Å². The van der Waals surface area contributed by atoms with Crippen LogP contribution < -0.4 is 4.74 Å². The van der Waals surface area contributed by atoms with Gasteiger partial charge in [-0.1, -0.05) is 6.07 Å². The number of piperazine rings is 1. The van der Waals surface area contributed by atoms with Crippen molar-refractivity contribution < 1.29 is 22.7 Å². The summed E-state index contributed by atoms with van der Waals surface area (Å²) in [7, 11) is 4.11. The van der Waals surface area contributed by atoms with Crippen LogP contribution in [0.15, 0.2) is 24.5 Å². The molecular weight excluding hydrogens is 483 g/mol. The van der Waals surface area contributed by atoms with E-state index in [0.717, 1.165) is 50.4 Å². The van der Waals surface area contributed by atoms with Crippen molar-refractivity contribution in [2.75, 3.05) is 46.9 Å². The van der Waals surface area contributed by atoms with Crippen LogP contribution in [0.3, 0.4) is 0 Å². The van der Waals surface area contributed by atoms with E-state index >= 15 is 0 Å². The predicted octanol–water partition coefficient (Wildman–Crippen LogP) is 4.49. The Morgan fingerprint density at radius 1 is 1.11 bits per heavy atom. The zero-order chi connectivity index (χ0) is 26.7. The summed E-state index contributed by atoms with van der Waals surface area (Å²) < 4.78 is 44.4. The molecule has 1 amide bonds. The Hall–Kier alpha value is -2.72. The molecule has 0 saturated carbocycles. The highest BCUT2D eigenvalue weighted by molar-refractivity contribution is 5.93. The minimum atomic E-state index is -4.63. The van der Waals surface area contributed by atoms with E-state index in [0.29, 0.717) is 26.2 Å². The zero-order valence-electron chi connectivity index (χ0n) is 22.0. The van der Waals surface area contributed by atoms with Crippen LogP contribution in [0.1, 0.15) is 64.6 Å². The highest BCUT2D eigenvalue weighted by Crippen LogP contribution is 2.39. The van der Waals surface area contributed by atoms with E-state index in [-0.39, 0.29) is 23.6 Å². The zero-order valence-corrected chi connectivity index (χ0v) is 22.0. The van der Waals surface area contributed by atoms with E-state index in [1.807, 2.05) is 0 Å². The second-order valence-electron chi connectivity index (χ2n) is 10.3. The lowest BCUT2D eigenvalue weighted by Crippen LogP contribution is -2.57. The molecule has 1 aromatic heterocycles. The molecule has 0 spiro atoms. The van der Waals surface area contributed by atoms with Gasteiger partial charge in [-0.3, -0.25) is 9.69 Å². The van der Waals surface area contributed by atoms with Crippen molar-refractivity contribution in [3.05, 3.63) is 52.6 Å². The third kappa shape index (κ3) is 6.23. The van der Waals surface area contributed by atoms with Crippen molar-refractivity contribution in [2.24, 2.45) is 0 Å². The van der Waals surface area contributed by atoms with Crippen LogP contribution in [-0.4, -0.2) is 83.5 Å². The van der Waals surface area contributed by atoms with E-state index in [2.05, 4.69) is 59.8 Å². The molecule has 2 fully saturated rings. The average Bonchev–Trinajstić information content (AvgIpc) is 2.87. The first-order valence-electron chi connectivity index (χ1n) is 12.9. The number of hydrogen-bond acceptors (Lipinski definition) is 6. The summed E-state index contributed by atoms with van der Waals surface area (Å²) in [6, 6.07) is 4.75.